The Kier molecular flexibility index (Phi) is 4.74. The van der Waals surface area contributed by atoms with Crippen LogP contribution in [0.3, 0.4) is 0 Å². The molecule has 0 unspecified atom stereocenters. The molecule has 0 saturated carbocycles. The van der Waals surface area contributed by atoms with E-state index >= 15 is 0 Å². The molecule has 0 fully saturated rings. The Morgan fingerprint density at radius 3 is 2.40 bits per heavy atom. The molecule has 0 bridgehead atoms. The van der Waals surface area contributed by atoms with Crippen LogP contribution in [-0.2, 0) is 16.1 Å². The molecule has 0 aliphatic heterocycles. The first-order valence-electron chi connectivity index (χ1n) is 6.17. The molecule has 20 heavy (non-hydrogen) atoms. The van der Waals surface area contributed by atoms with Crippen molar-refractivity contribution in [2.24, 2.45) is 0 Å². The number of hydrogen-bond acceptors (Lipinski definition) is 4. The maximum Gasteiger partial charge on any atom is 0.338 e. The SMILES string of the molecule is COCc1cc(Oc2ccccc2)ccc1C(=O)OC. The highest BCUT2D eigenvalue weighted by atomic mass is 16.5. The molecule has 104 valence electrons. The standard InChI is InChI=1S/C16H16O4/c1-18-11-12-10-14(8-9-15(12)16(17)19-2)20-13-6-4-3-5-7-13/h3-10H,11H2,1-2H3. The lowest BCUT2D eigenvalue weighted by Gasteiger charge is -2.11. The summed E-state index contributed by atoms with van der Waals surface area (Å²) in [4.78, 5) is 11.7. The van der Waals surface area contributed by atoms with Gasteiger partial charge in [0.25, 0.3) is 0 Å². The molecule has 2 aromatic carbocycles. The monoisotopic (exact) mass is 272 g/mol. The fourth-order valence-corrected chi connectivity index (χ4v) is 1.84. The van der Waals surface area contributed by atoms with Crippen LogP contribution in [0.2, 0.25) is 0 Å². The molecule has 0 saturated heterocycles. The quantitative estimate of drug-likeness (QED) is 0.782. The fourth-order valence-electron chi connectivity index (χ4n) is 1.84. The van der Waals surface area contributed by atoms with E-state index in [-0.39, 0.29) is 5.97 Å². The van der Waals surface area contributed by atoms with Crippen molar-refractivity contribution < 1.29 is 19.0 Å². The van der Waals surface area contributed by atoms with Gasteiger partial charge >= 0.3 is 5.97 Å². The lowest BCUT2D eigenvalue weighted by molar-refractivity contribution is 0.0596. The van der Waals surface area contributed by atoms with Gasteiger partial charge in [0, 0.05) is 7.11 Å². The minimum Gasteiger partial charge on any atom is -0.465 e. The van der Waals surface area contributed by atoms with Crippen LogP contribution in [0.5, 0.6) is 11.5 Å². The third kappa shape index (κ3) is 3.36. The molecule has 2 rings (SSSR count). The number of ether oxygens (including phenoxy) is 3. The molecule has 0 spiro atoms. The maximum atomic E-state index is 11.7. The maximum absolute atomic E-state index is 11.7. The van der Waals surface area contributed by atoms with Gasteiger partial charge in [-0.3, -0.25) is 0 Å². The van der Waals surface area contributed by atoms with Gasteiger partial charge in [-0.15, -0.1) is 0 Å². The fraction of sp³-hybridized carbons (Fsp3) is 0.188. The van der Waals surface area contributed by atoms with Gasteiger partial charge in [-0.05, 0) is 35.9 Å². The number of rotatable bonds is 5. The van der Waals surface area contributed by atoms with Gasteiger partial charge in [0.15, 0.2) is 0 Å². The lowest BCUT2D eigenvalue weighted by Crippen LogP contribution is -2.06. The van der Waals surface area contributed by atoms with Crippen molar-refractivity contribution in [2.45, 2.75) is 6.61 Å². The third-order valence-electron chi connectivity index (χ3n) is 2.76. The Balaban J connectivity index is 2.27. The van der Waals surface area contributed by atoms with Crippen LogP contribution in [0.15, 0.2) is 48.5 Å². The van der Waals surface area contributed by atoms with E-state index in [1.807, 2.05) is 30.3 Å². The second-order valence-electron chi connectivity index (χ2n) is 4.16. The highest BCUT2D eigenvalue weighted by Gasteiger charge is 2.13. The Morgan fingerprint density at radius 2 is 1.75 bits per heavy atom. The van der Waals surface area contributed by atoms with Gasteiger partial charge < -0.3 is 14.2 Å². The average molecular weight is 272 g/mol. The first kappa shape index (κ1) is 14.1. The summed E-state index contributed by atoms with van der Waals surface area (Å²) in [6.45, 7) is 0.316. The van der Waals surface area contributed by atoms with Crippen molar-refractivity contribution in [1.82, 2.24) is 0 Å². The van der Waals surface area contributed by atoms with Crippen LogP contribution in [0.25, 0.3) is 0 Å². The van der Waals surface area contributed by atoms with Gasteiger partial charge in [0.05, 0.1) is 19.3 Å². The van der Waals surface area contributed by atoms with Gasteiger partial charge in [0.2, 0.25) is 0 Å². The van der Waals surface area contributed by atoms with Crippen LogP contribution < -0.4 is 4.74 Å². The Morgan fingerprint density at radius 1 is 1.00 bits per heavy atom. The van der Waals surface area contributed by atoms with E-state index in [4.69, 9.17) is 14.2 Å². The lowest BCUT2D eigenvalue weighted by atomic mass is 10.1. The summed E-state index contributed by atoms with van der Waals surface area (Å²) in [7, 11) is 2.93. The summed E-state index contributed by atoms with van der Waals surface area (Å²) in [5, 5.41) is 0. The predicted molar refractivity (Wildman–Crippen MR) is 75.0 cm³/mol. The summed E-state index contributed by atoms with van der Waals surface area (Å²) in [6.07, 6.45) is 0. The molecule has 0 heterocycles. The first-order valence-corrected chi connectivity index (χ1v) is 6.17. The van der Waals surface area contributed by atoms with Crippen molar-refractivity contribution >= 4 is 5.97 Å². The van der Waals surface area contributed by atoms with Crippen LogP contribution >= 0.6 is 0 Å². The van der Waals surface area contributed by atoms with E-state index in [0.717, 1.165) is 11.3 Å². The summed E-state index contributed by atoms with van der Waals surface area (Å²) in [5.74, 6) is 1.00. The largest absolute Gasteiger partial charge is 0.465 e. The molecule has 4 heteroatoms. The van der Waals surface area contributed by atoms with Gasteiger partial charge in [-0.1, -0.05) is 18.2 Å². The molecule has 2 aromatic rings. The van der Waals surface area contributed by atoms with Crippen molar-refractivity contribution in [2.75, 3.05) is 14.2 Å². The number of carbonyl (C=O) groups is 1. The van der Waals surface area contributed by atoms with E-state index in [0.29, 0.717) is 17.9 Å². The number of carbonyl (C=O) groups excluding carboxylic acids is 1. The molecule has 0 radical (unpaired) electrons. The van der Waals surface area contributed by atoms with Gasteiger partial charge in [-0.25, -0.2) is 4.79 Å². The molecular formula is C16H16O4. The highest BCUT2D eigenvalue weighted by molar-refractivity contribution is 5.91. The molecule has 4 nitrogen and oxygen atoms in total. The number of esters is 1. The van der Waals surface area contributed by atoms with Crippen LogP contribution in [0.1, 0.15) is 15.9 Å². The van der Waals surface area contributed by atoms with Crippen LogP contribution in [-0.4, -0.2) is 20.2 Å². The van der Waals surface area contributed by atoms with E-state index in [9.17, 15) is 4.79 Å². The first-order chi connectivity index (χ1) is 9.74. The van der Waals surface area contributed by atoms with Crippen molar-refractivity contribution in [3.63, 3.8) is 0 Å². The number of benzene rings is 2. The molecule has 0 aliphatic rings. The molecule has 0 atom stereocenters. The smallest absolute Gasteiger partial charge is 0.338 e. The molecule has 0 aromatic heterocycles. The average Bonchev–Trinajstić information content (AvgIpc) is 2.48. The van der Waals surface area contributed by atoms with Crippen molar-refractivity contribution in [1.29, 1.82) is 0 Å². The van der Waals surface area contributed by atoms with Crippen molar-refractivity contribution in [3.8, 4) is 11.5 Å². The second-order valence-corrected chi connectivity index (χ2v) is 4.16. The van der Waals surface area contributed by atoms with E-state index in [1.54, 1.807) is 25.3 Å². The van der Waals surface area contributed by atoms with E-state index < -0.39 is 0 Å². The number of methoxy groups -OCH3 is 2. The molecule has 0 N–H and O–H groups in total. The summed E-state index contributed by atoms with van der Waals surface area (Å²) >= 11 is 0. The zero-order chi connectivity index (χ0) is 14.4. The molecular weight excluding hydrogens is 256 g/mol. The van der Waals surface area contributed by atoms with Gasteiger partial charge in [0.1, 0.15) is 11.5 Å². The normalized spacial score (nSPS) is 10.1. The predicted octanol–water partition coefficient (Wildman–Crippen LogP) is 3.41. The number of para-hydroxylation sites is 1. The van der Waals surface area contributed by atoms with Crippen LogP contribution in [0, 0.1) is 0 Å². The summed E-state index contributed by atoms with van der Waals surface area (Å²) in [6, 6.07) is 14.6. The second kappa shape index (κ2) is 6.73. The van der Waals surface area contributed by atoms with E-state index in [1.165, 1.54) is 7.11 Å². The number of hydrogen-bond donors (Lipinski definition) is 0. The van der Waals surface area contributed by atoms with Gasteiger partial charge in [-0.2, -0.15) is 0 Å². The Hall–Kier alpha value is -2.33. The van der Waals surface area contributed by atoms with Crippen LogP contribution in [0.4, 0.5) is 0 Å². The van der Waals surface area contributed by atoms with Crippen molar-refractivity contribution in [3.05, 3.63) is 59.7 Å². The topological polar surface area (TPSA) is 44.8 Å². The minimum atomic E-state index is -0.386. The Bertz CT molecular complexity index is 578. The highest BCUT2D eigenvalue weighted by Crippen LogP contribution is 2.24. The summed E-state index contributed by atoms with van der Waals surface area (Å²) in [5.41, 5.74) is 1.21. The third-order valence-corrected chi connectivity index (χ3v) is 2.76. The summed E-state index contributed by atoms with van der Waals surface area (Å²) < 4.78 is 15.6. The zero-order valence-electron chi connectivity index (χ0n) is 11.5. The minimum absolute atomic E-state index is 0.316. The molecule has 0 amide bonds. The molecule has 0 aliphatic carbocycles. The zero-order valence-corrected chi connectivity index (χ0v) is 11.5. The Labute approximate surface area is 117 Å². The van der Waals surface area contributed by atoms with E-state index in [2.05, 4.69) is 0 Å².